The Hall–Kier alpha value is -1.78. The third-order valence-electron chi connectivity index (χ3n) is 3.16. The van der Waals surface area contributed by atoms with Gasteiger partial charge < -0.3 is 15.1 Å². The first-order chi connectivity index (χ1) is 10.1. The molecule has 0 bridgehead atoms. The van der Waals surface area contributed by atoms with Crippen LogP contribution in [0.1, 0.15) is 19.1 Å². The summed E-state index contributed by atoms with van der Waals surface area (Å²) < 4.78 is 5.28. The van der Waals surface area contributed by atoms with Gasteiger partial charge >= 0.3 is 0 Å². The number of nitrogens with one attached hydrogen (secondary N) is 2. The van der Waals surface area contributed by atoms with E-state index in [0.717, 1.165) is 18.6 Å². The van der Waals surface area contributed by atoms with Gasteiger partial charge in [-0.05, 0) is 37.6 Å². The number of para-hydroxylation sites is 1. The van der Waals surface area contributed by atoms with Crippen LogP contribution in [0.2, 0.25) is 5.02 Å². The number of carbonyl (C=O) groups is 1. The van der Waals surface area contributed by atoms with E-state index in [1.54, 1.807) is 18.4 Å². The zero-order chi connectivity index (χ0) is 15.1. The Kier molecular flexibility index (Phi) is 5.84. The van der Waals surface area contributed by atoms with Gasteiger partial charge in [-0.1, -0.05) is 23.7 Å². The summed E-state index contributed by atoms with van der Waals surface area (Å²) in [4.78, 5) is 11.9. The molecule has 1 aromatic carbocycles. The van der Waals surface area contributed by atoms with Crippen molar-refractivity contribution in [2.45, 2.75) is 25.8 Å². The van der Waals surface area contributed by atoms with Crippen LogP contribution < -0.4 is 10.6 Å². The van der Waals surface area contributed by atoms with Crippen molar-refractivity contribution in [3.05, 3.63) is 53.4 Å². The Morgan fingerprint density at radius 3 is 2.81 bits per heavy atom. The minimum absolute atomic E-state index is 0.104. The monoisotopic (exact) mass is 306 g/mol. The van der Waals surface area contributed by atoms with Gasteiger partial charge in [0.2, 0.25) is 5.91 Å². The zero-order valence-electron chi connectivity index (χ0n) is 11.9. The minimum atomic E-state index is -0.104. The Morgan fingerprint density at radius 1 is 1.29 bits per heavy atom. The van der Waals surface area contributed by atoms with Crippen LogP contribution in [-0.4, -0.2) is 18.5 Å². The summed E-state index contributed by atoms with van der Waals surface area (Å²) in [6, 6.07) is 11.2. The van der Waals surface area contributed by atoms with E-state index >= 15 is 0 Å². The Labute approximate surface area is 129 Å². The van der Waals surface area contributed by atoms with E-state index in [2.05, 4.69) is 10.6 Å². The van der Waals surface area contributed by atoms with Gasteiger partial charge in [0.1, 0.15) is 5.76 Å². The summed E-state index contributed by atoms with van der Waals surface area (Å²) >= 11 is 5.99. The maximum Gasteiger partial charge on any atom is 0.238 e. The minimum Gasteiger partial charge on any atom is -0.469 e. The summed E-state index contributed by atoms with van der Waals surface area (Å²) in [6.07, 6.45) is 3.44. The van der Waals surface area contributed by atoms with Crippen molar-refractivity contribution in [3.8, 4) is 0 Å². The van der Waals surface area contributed by atoms with E-state index in [0.29, 0.717) is 10.7 Å². The highest BCUT2D eigenvalue weighted by molar-refractivity contribution is 6.33. The van der Waals surface area contributed by atoms with Gasteiger partial charge in [0.25, 0.3) is 0 Å². The standard InChI is InChI=1S/C16H19ClN2O2/c1-12(8-9-13-5-4-10-21-13)18-11-16(20)19-15-7-3-2-6-14(15)17/h2-7,10,12,18H,8-9,11H2,1H3,(H,19,20). The lowest BCUT2D eigenvalue weighted by Gasteiger charge is -2.13. The van der Waals surface area contributed by atoms with Gasteiger partial charge in [-0.2, -0.15) is 0 Å². The maximum atomic E-state index is 11.9. The topological polar surface area (TPSA) is 54.3 Å². The zero-order valence-corrected chi connectivity index (χ0v) is 12.7. The molecule has 4 nitrogen and oxygen atoms in total. The summed E-state index contributed by atoms with van der Waals surface area (Å²) in [7, 11) is 0. The molecule has 0 saturated heterocycles. The number of rotatable bonds is 7. The van der Waals surface area contributed by atoms with E-state index in [1.807, 2.05) is 31.2 Å². The molecule has 1 amide bonds. The van der Waals surface area contributed by atoms with Crippen LogP contribution in [0.4, 0.5) is 5.69 Å². The van der Waals surface area contributed by atoms with Crippen molar-refractivity contribution >= 4 is 23.2 Å². The fourth-order valence-corrected chi connectivity index (χ4v) is 2.12. The molecule has 1 unspecified atom stereocenters. The number of carbonyl (C=O) groups excluding carboxylic acids is 1. The quantitative estimate of drug-likeness (QED) is 0.823. The molecule has 2 rings (SSSR count). The van der Waals surface area contributed by atoms with E-state index in [1.165, 1.54) is 0 Å². The molecule has 0 fully saturated rings. The molecule has 21 heavy (non-hydrogen) atoms. The van der Waals surface area contributed by atoms with Crippen LogP contribution in [-0.2, 0) is 11.2 Å². The Balaban J connectivity index is 1.70. The highest BCUT2D eigenvalue weighted by Crippen LogP contribution is 2.20. The second-order valence-corrected chi connectivity index (χ2v) is 5.34. The number of anilines is 1. The van der Waals surface area contributed by atoms with Gasteiger partial charge in [-0.15, -0.1) is 0 Å². The molecule has 1 heterocycles. The predicted molar refractivity (Wildman–Crippen MR) is 84.6 cm³/mol. The van der Waals surface area contributed by atoms with Gasteiger partial charge in [-0.3, -0.25) is 4.79 Å². The number of hydrogen-bond acceptors (Lipinski definition) is 3. The molecule has 0 spiro atoms. The number of furan rings is 1. The SMILES string of the molecule is CC(CCc1ccco1)NCC(=O)Nc1ccccc1Cl. The second kappa shape index (κ2) is 7.86. The van der Waals surface area contributed by atoms with E-state index < -0.39 is 0 Å². The number of halogens is 1. The van der Waals surface area contributed by atoms with Crippen LogP contribution in [0, 0.1) is 0 Å². The summed E-state index contributed by atoms with van der Waals surface area (Å²) in [5.41, 5.74) is 0.634. The van der Waals surface area contributed by atoms with E-state index in [4.69, 9.17) is 16.0 Å². The molecule has 2 aromatic rings. The first-order valence-corrected chi connectivity index (χ1v) is 7.33. The van der Waals surface area contributed by atoms with Gasteiger partial charge in [0.15, 0.2) is 0 Å². The lowest BCUT2D eigenvalue weighted by molar-refractivity contribution is -0.115. The summed E-state index contributed by atoms with van der Waals surface area (Å²) in [5.74, 6) is 0.858. The van der Waals surface area contributed by atoms with Crippen molar-refractivity contribution < 1.29 is 9.21 Å². The van der Waals surface area contributed by atoms with Crippen molar-refractivity contribution in [1.82, 2.24) is 5.32 Å². The van der Waals surface area contributed by atoms with Gasteiger partial charge in [0.05, 0.1) is 23.5 Å². The molecular formula is C16H19ClN2O2. The third-order valence-corrected chi connectivity index (χ3v) is 3.49. The molecule has 112 valence electrons. The summed E-state index contributed by atoms with van der Waals surface area (Å²) in [6.45, 7) is 2.30. The number of aryl methyl sites for hydroxylation is 1. The second-order valence-electron chi connectivity index (χ2n) is 4.93. The van der Waals surface area contributed by atoms with Crippen LogP contribution in [0.3, 0.4) is 0 Å². The Bertz CT molecular complexity index is 569. The summed E-state index contributed by atoms with van der Waals surface area (Å²) in [5, 5.41) is 6.51. The molecule has 0 aliphatic rings. The van der Waals surface area contributed by atoms with Gasteiger partial charge in [-0.25, -0.2) is 0 Å². The first-order valence-electron chi connectivity index (χ1n) is 6.95. The maximum absolute atomic E-state index is 11.9. The fraction of sp³-hybridized carbons (Fsp3) is 0.312. The number of amides is 1. The average Bonchev–Trinajstić information content (AvgIpc) is 2.99. The first kappa shape index (κ1) is 15.6. The predicted octanol–water partition coefficient (Wildman–Crippen LogP) is 3.48. The van der Waals surface area contributed by atoms with E-state index in [9.17, 15) is 4.79 Å². The number of benzene rings is 1. The lowest BCUT2D eigenvalue weighted by Crippen LogP contribution is -2.34. The normalized spacial score (nSPS) is 12.1. The van der Waals surface area contributed by atoms with Crippen LogP contribution in [0.5, 0.6) is 0 Å². The Morgan fingerprint density at radius 2 is 2.10 bits per heavy atom. The van der Waals surface area contributed by atoms with E-state index in [-0.39, 0.29) is 18.5 Å². The highest BCUT2D eigenvalue weighted by Gasteiger charge is 2.08. The molecular weight excluding hydrogens is 288 g/mol. The number of hydrogen-bond donors (Lipinski definition) is 2. The van der Waals surface area contributed by atoms with Crippen LogP contribution in [0.15, 0.2) is 47.1 Å². The third kappa shape index (κ3) is 5.25. The molecule has 0 radical (unpaired) electrons. The largest absolute Gasteiger partial charge is 0.469 e. The average molecular weight is 307 g/mol. The molecule has 1 atom stereocenters. The van der Waals surface area contributed by atoms with Crippen molar-refractivity contribution in [3.63, 3.8) is 0 Å². The van der Waals surface area contributed by atoms with Crippen LogP contribution in [0.25, 0.3) is 0 Å². The fourth-order valence-electron chi connectivity index (χ4n) is 1.94. The lowest BCUT2D eigenvalue weighted by atomic mass is 10.1. The van der Waals surface area contributed by atoms with Crippen molar-refractivity contribution in [1.29, 1.82) is 0 Å². The molecule has 2 N–H and O–H groups in total. The van der Waals surface area contributed by atoms with Gasteiger partial charge in [0, 0.05) is 12.5 Å². The van der Waals surface area contributed by atoms with Crippen LogP contribution >= 0.6 is 11.6 Å². The highest BCUT2D eigenvalue weighted by atomic mass is 35.5. The molecule has 0 saturated carbocycles. The molecule has 1 aromatic heterocycles. The van der Waals surface area contributed by atoms with Crippen molar-refractivity contribution in [2.24, 2.45) is 0 Å². The smallest absolute Gasteiger partial charge is 0.238 e. The van der Waals surface area contributed by atoms with Crippen molar-refractivity contribution in [2.75, 3.05) is 11.9 Å². The molecule has 0 aliphatic carbocycles. The molecule has 0 aliphatic heterocycles. The molecule has 5 heteroatoms.